The Balaban J connectivity index is 1.41. The first-order chi connectivity index (χ1) is 19.0. The van der Waals surface area contributed by atoms with Crippen LogP contribution in [0, 0.1) is 0 Å². The minimum absolute atomic E-state index is 0.151. The molecule has 6 nitrogen and oxygen atoms in total. The average Bonchev–Trinajstić information content (AvgIpc) is 2.96. The van der Waals surface area contributed by atoms with Crippen LogP contribution < -0.4 is 10.6 Å². The Bertz CT molecular complexity index is 1400. The predicted molar refractivity (Wildman–Crippen MR) is 161 cm³/mol. The van der Waals surface area contributed by atoms with Gasteiger partial charge in [-0.1, -0.05) is 67.6 Å². The van der Waals surface area contributed by atoms with E-state index in [4.69, 9.17) is 4.99 Å². The van der Waals surface area contributed by atoms with Crippen molar-refractivity contribution in [2.24, 2.45) is 4.99 Å². The summed E-state index contributed by atoms with van der Waals surface area (Å²) in [5.74, 6) is 0.691. The Labute approximate surface area is 234 Å². The molecule has 1 unspecified atom stereocenters. The zero-order chi connectivity index (χ0) is 27.2. The molecule has 2 aliphatic heterocycles. The van der Waals surface area contributed by atoms with Crippen molar-refractivity contribution in [3.8, 4) is 0 Å². The number of anilines is 2. The zero-order valence-electron chi connectivity index (χ0n) is 22.4. The summed E-state index contributed by atoms with van der Waals surface area (Å²) >= 11 is 1.73. The molecule has 1 atom stereocenters. The van der Waals surface area contributed by atoms with Crippen LogP contribution in [0.4, 0.5) is 11.4 Å². The summed E-state index contributed by atoms with van der Waals surface area (Å²) in [5, 5.41) is 7.05. The molecule has 3 aromatic carbocycles. The number of nitrogens with zero attached hydrogens (tertiary/aromatic N) is 2. The topological polar surface area (TPSA) is 73.8 Å². The molecule has 0 spiro atoms. The standard InChI is InChI=1S/C32H34N4O2S/c1-3-4-10-23-15-17-24(18-16-23)30(37)35-27-14-8-11-25(21-27)29-28(31(38)34-26-12-6-5-7-13-26)22(2)33-32-36(29)19-9-20-39-32/h5-8,11-18,21,29H,3-4,9-10,19-20H2,1-2H3,(H,34,38)(H,35,37). The smallest absolute Gasteiger partial charge is 0.255 e. The van der Waals surface area contributed by atoms with E-state index < -0.39 is 0 Å². The molecule has 0 radical (unpaired) electrons. The largest absolute Gasteiger partial charge is 0.340 e. The van der Waals surface area contributed by atoms with Crippen LogP contribution in [-0.4, -0.2) is 34.2 Å². The quantitative estimate of drug-likeness (QED) is 0.322. The lowest BCUT2D eigenvalue weighted by molar-refractivity contribution is -0.113. The number of allylic oxidation sites excluding steroid dienone is 1. The van der Waals surface area contributed by atoms with E-state index in [1.54, 1.807) is 11.8 Å². The molecule has 0 aromatic heterocycles. The summed E-state index contributed by atoms with van der Waals surface area (Å²) in [6.45, 7) is 4.89. The Kier molecular flexibility index (Phi) is 8.47. The third-order valence-electron chi connectivity index (χ3n) is 7.03. The van der Waals surface area contributed by atoms with E-state index >= 15 is 0 Å². The average molecular weight is 539 g/mol. The van der Waals surface area contributed by atoms with Gasteiger partial charge >= 0.3 is 0 Å². The molecular weight excluding hydrogens is 504 g/mol. The van der Waals surface area contributed by atoms with Crippen LogP contribution in [0.5, 0.6) is 0 Å². The number of carbonyl (C=O) groups excluding carboxylic acids is 2. The molecule has 7 heteroatoms. The van der Waals surface area contributed by atoms with Crippen molar-refractivity contribution >= 4 is 40.1 Å². The maximum atomic E-state index is 13.6. The lowest BCUT2D eigenvalue weighted by Crippen LogP contribution is -2.43. The first-order valence-corrected chi connectivity index (χ1v) is 14.6. The van der Waals surface area contributed by atoms with Crippen molar-refractivity contribution in [2.75, 3.05) is 22.9 Å². The van der Waals surface area contributed by atoms with Gasteiger partial charge in [0.2, 0.25) is 0 Å². The number of fused-ring (bicyclic) bond motifs is 1. The monoisotopic (exact) mass is 538 g/mol. The second-order valence-electron chi connectivity index (χ2n) is 9.89. The highest BCUT2D eigenvalue weighted by Gasteiger charge is 2.37. The molecule has 2 heterocycles. The van der Waals surface area contributed by atoms with Gasteiger partial charge in [0.15, 0.2) is 5.17 Å². The van der Waals surface area contributed by atoms with Crippen LogP contribution in [-0.2, 0) is 11.2 Å². The Morgan fingerprint density at radius 3 is 2.46 bits per heavy atom. The minimum Gasteiger partial charge on any atom is -0.340 e. The third kappa shape index (κ3) is 6.25. The fourth-order valence-corrected chi connectivity index (χ4v) is 6.04. The SMILES string of the molecule is CCCCc1ccc(C(=O)Nc2cccc(C3C(C(=O)Nc4ccccc4)=C(C)N=C4SCCCN43)c2)cc1. The number of hydrogen-bond acceptors (Lipinski definition) is 5. The molecule has 0 saturated carbocycles. The predicted octanol–water partition coefficient (Wildman–Crippen LogP) is 7.04. The van der Waals surface area contributed by atoms with Crippen LogP contribution in [0.15, 0.2) is 95.1 Å². The first kappa shape index (κ1) is 26.8. The van der Waals surface area contributed by atoms with Crippen LogP contribution >= 0.6 is 11.8 Å². The van der Waals surface area contributed by atoms with Crippen LogP contribution in [0.1, 0.15) is 60.6 Å². The highest BCUT2D eigenvalue weighted by molar-refractivity contribution is 8.13. The van der Waals surface area contributed by atoms with E-state index in [1.807, 2.05) is 85.8 Å². The van der Waals surface area contributed by atoms with Gasteiger partial charge in [0.05, 0.1) is 17.3 Å². The van der Waals surface area contributed by atoms with E-state index in [0.717, 1.165) is 54.4 Å². The number of benzene rings is 3. The van der Waals surface area contributed by atoms with E-state index in [-0.39, 0.29) is 17.9 Å². The number of para-hydroxylation sites is 1. The van der Waals surface area contributed by atoms with E-state index in [9.17, 15) is 9.59 Å². The van der Waals surface area contributed by atoms with Gasteiger partial charge in [0.1, 0.15) is 0 Å². The molecule has 2 aliphatic rings. The van der Waals surface area contributed by atoms with Crippen molar-refractivity contribution in [3.05, 3.63) is 107 Å². The Morgan fingerprint density at radius 1 is 0.949 bits per heavy atom. The van der Waals surface area contributed by atoms with E-state index in [1.165, 1.54) is 5.56 Å². The number of aryl methyl sites for hydroxylation is 1. The number of thioether (sulfide) groups is 1. The Morgan fingerprint density at radius 2 is 1.69 bits per heavy atom. The lowest BCUT2D eigenvalue weighted by Gasteiger charge is -2.41. The molecule has 1 fully saturated rings. The summed E-state index contributed by atoms with van der Waals surface area (Å²) in [7, 11) is 0. The van der Waals surface area contributed by atoms with E-state index in [2.05, 4.69) is 22.5 Å². The second-order valence-corrected chi connectivity index (χ2v) is 11.0. The summed E-state index contributed by atoms with van der Waals surface area (Å²) in [4.78, 5) is 33.7. The van der Waals surface area contributed by atoms with Crippen LogP contribution in [0.3, 0.4) is 0 Å². The van der Waals surface area contributed by atoms with Gasteiger partial charge in [-0.25, -0.2) is 4.99 Å². The van der Waals surface area contributed by atoms with Gasteiger partial charge < -0.3 is 15.5 Å². The van der Waals surface area contributed by atoms with Crippen molar-refractivity contribution < 1.29 is 9.59 Å². The summed E-state index contributed by atoms with van der Waals surface area (Å²) in [5.41, 5.74) is 5.58. The molecule has 0 aliphatic carbocycles. The van der Waals surface area contributed by atoms with E-state index in [0.29, 0.717) is 22.5 Å². The van der Waals surface area contributed by atoms with Crippen molar-refractivity contribution in [2.45, 2.75) is 45.6 Å². The third-order valence-corrected chi connectivity index (χ3v) is 8.11. The Hall–Kier alpha value is -3.84. The highest BCUT2D eigenvalue weighted by atomic mass is 32.2. The molecule has 0 bridgehead atoms. The molecule has 1 saturated heterocycles. The normalized spacial score (nSPS) is 16.8. The highest BCUT2D eigenvalue weighted by Crippen LogP contribution is 2.40. The zero-order valence-corrected chi connectivity index (χ0v) is 23.3. The summed E-state index contributed by atoms with van der Waals surface area (Å²) in [6, 6.07) is 24.8. The number of rotatable bonds is 8. The molecule has 2 amide bonds. The van der Waals surface area contributed by atoms with Crippen molar-refractivity contribution in [1.82, 2.24) is 4.90 Å². The van der Waals surface area contributed by atoms with Gasteiger partial charge in [0, 0.05) is 29.2 Å². The molecule has 3 aromatic rings. The number of amidine groups is 1. The van der Waals surface area contributed by atoms with Gasteiger partial charge in [0.25, 0.3) is 11.8 Å². The molecule has 200 valence electrons. The van der Waals surface area contributed by atoms with Crippen LogP contribution in [0.2, 0.25) is 0 Å². The molecule has 39 heavy (non-hydrogen) atoms. The summed E-state index contributed by atoms with van der Waals surface area (Å²) in [6.07, 6.45) is 4.32. The number of amides is 2. The minimum atomic E-state index is -0.302. The van der Waals surface area contributed by atoms with Crippen molar-refractivity contribution in [3.63, 3.8) is 0 Å². The fourth-order valence-electron chi connectivity index (χ4n) is 5.02. The summed E-state index contributed by atoms with van der Waals surface area (Å²) < 4.78 is 0. The maximum absolute atomic E-state index is 13.6. The molecule has 2 N–H and O–H groups in total. The van der Waals surface area contributed by atoms with Gasteiger partial charge in [-0.2, -0.15) is 0 Å². The van der Waals surface area contributed by atoms with Crippen LogP contribution in [0.25, 0.3) is 0 Å². The maximum Gasteiger partial charge on any atom is 0.255 e. The molecule has 5 rings (SSSR count). The number of aliphatic imine (C=N–C) groups is 1. The number of nitrogens with one attached hydrogen (secondary N) is 2. The lowest BCUT2D eigenvalue weighted by atomic mass is 9.93. The second kappa shape index (κ2) is 12.3. The van der Waals surface area contributed by atoms with Gasteiger partial charge in [-0.15, -0.1) is 0 Å². The fraction of sp³-hybridized carbons (Fsp3) is 0.281. The first-order valence-electron chi connectivity index (χ1n) is 13.6. The molecular formula is C32H34N4O2S. The number of carbonyl (C=O) groups is 2. The number of unbranched alkanes of at least 4 members (excludes halogenated alkanes) is 1. The van der Waals surface area contributed by atoms with Gasteiger partial charge in [-0.3, -0.25) is 9.59 Å². The van der Waals surface area contributed by atoms with Gasteiger partial charge in [-0.05, 0) is 73.7 Å². The van der Waals surface area contributed by atoms with Crippen molar-refractivity contribution in [1.29, 1.82) is 0 Å². The number of hydrogen-bond donors (Lipinski definition) is 2.